The molecule has 2 unspecified atom stereocenters. The monoisotopic (exact) mass is 295 g/mol. The van der Waals surface area contributed by atoms with Crippen molar-refractivity contribution in [2.24, 2.45) is 5.73 Å². The second-order valence-electron chi connectivity index (χ2n) is 5.00. The van der Waals surface area contributed by atoms with Gasteiger partial charge in [-0.05, 0) is 54.1 Å². The van der Waals surface area contributed by atoms with E-state index in [9.17, 15) is 0 Å². The van der Waals surface area contributed by atoms with E-state index in [1.165, 1.54) is 23.3 Å². The molecular formula is C12H17N5S2. The molecule has 102 valence electrons. The van der Waals surface area contributed by atoms with Crippen LogP contribution in [0.4, 0.5) is 0 Å². The maximum atomic E-state index is 6.16. The van der Waals surface area contributed by atoms with Crippen molar-refractivity contribution in [2.75, 3.05) is 0 Å². The molecule has 3 rings (SSSR count). The lowest BCUT2D eigenvalue weighted by Gasteiger charge is -2.19. The number of tetrazole rings is 1. The van der Waals surface area contributed by atoms with Gasteiger partial charge in [-0.15, -0.1) is 16.4 Å². The van der Waals surface area contributed by atoms with Crippen LogP contribution in [0.1, 0.15) is 41.5 Å². The fraction of sp³-hybridized carbons (Fsp3) is 0.583. The first-order valence-electron chi connectivity index (χ1n) is 6.41. The topological polar surface area (TPSA) is 69.6 Å². The van der Waals surface area contributed by atoms with Crippen LogP contribution in [0.25, 0.3) is 0 Å². The van der Waals surface area contributed by atoms with Crippen molar-refractivity contribution >= 4 is 23.1 Å². The number of thioether (sulfide) groups is 1. The summed E-state index contributed by atoms with van der Waals surface area (Å²) in [5.74, 6) is 0. The summed E-state index contributed by atoms with van der Waals surface area (Å²) in [4.78, 5) is 1.32. The largest absolute Gasteiger partial charge is 0.327 e. The highest BCUT2D eigenvalue weighted by molar-refractivity contribution is 7.99. The third-order valence-electron chi connectivity index (χ3n) is 3.23. The summed E-state index contributed by atoms with van der Waals surface area (Å²) in [6.45, 7) is 4.17. The molecule has 2 atom stereocenters. The van der Waals surface area contributed by atoms with E-state index in [0.29, 0.717) is 6.04 Å². The molecular weight excluding hydrogens is 278 g/mol. The zero-order valence-corrected chi connectivity index (χ0v) is 12.6. The van der Waals surface area contributed by atoms with E-state index in [1.807, 2.05) is 11.6 Å². The van der Waals surface area contributed by atoms with E-state index in [2.05, 4.69) is 33.9 Å². The molecule has 1 aliphatic rings. The highest BCUT2D eigenvalue weighted by Crippen LogP contribution is 2.43. The predicted molar refractivity (Wildman–Crippen MR) is 77.4 cm³/mol. The van der Waals surface area contributed by atoms with Crippen LogP contribution in [0, 0.1) is 6.92 Å². The van der Waals surface area contributed by atoms with Crippen LogP contribution in [0.5, 0.6) is 0 Å². The second kappa shape index (κ2) is 5.22. The van der Waals surface area contributed by atoms with Crippen molar-refractivity contribution < 1.29 is 0 Å². The Hall–Kier alpha value is -0.920. The summed E-state index contributed by atoms with van der Waals surface area (Å²) >= 11 is 3.44. The van der Waals surface area contributed by atoms with Crippen molar-refractivity contribution in [1.82, 2.24) is 20.2 Å². The summed E-state index contributed by atoms with van der Waals surface area (Å²) < 4.78 is 1.95. The van der Waals surface area contributed by atoms with E-state index < -0.39 is 0 Å². The molecule has 1 saturated carbocycles. The van der Waals surface area contributed by atoms with Crippen LogP contribution >= 0.6 is 23.1 Å². The number of thiophene rings is 1. The molecule has 1 fully saturated rings. The molecule has 2 N–H and O–H groups in total. The zero-order valence-electron chi connectivity index (χ0n) is 11.0. The minimum Gasteiger partial charge on any atom is -0.327 e. The first-order valence-corrected chi connectivity index (χ1v) is 8.17. The minimum atomic E-state index is 0.0618. The molecule has 2 aromatic heterocycles. The Morgan fingerprint density at radius 3 is 2.89 bits per heavy atom. The van der Waals surface area contributed by atoms with Gasteiger partial charge in [0.25, 0.3) is 0 Å². The van der Waals surface area contributed by atoms with Gasteiger partial charge in [0, 0.05) is 10.9 Å². The lowest BCUT2D eigenvalue weighted by Crippen LogP contribution is -2.22. The molecule has 0 saturated heterocycles. The normalized spacial score (nSPS) is 18.5. The number of aromatic nitrogens is 4. The highest BCUT2D eigenvalue weighted by Gasteiger charge is 2.30. The van der Waals surface area contributed by atoms with Gasteiger partial charge in [0.2, 0.25) is 5.16 Å². The first-order chi connectivity index (χ1) is 9.16. The molecule has 0 aromatic carbocycles. The Balaban J connectivity index is 1.85. The quantitative estimate of drug-likeness (QED) is 0.858. The summed E-state index contributed by atoms with van der Waals surface area (Å²) in [7, 11) is 0. The van der Waals surface area contributed by atoms with Crippen LogP contribution in [0.2, 0.25) is 0 Å². The SMILES string of the molecule is Cc1ccsc1C(Sc1nnnn1C1CC1)C(C)N. The molecule has 5 nitrogen and oxygen atoms in total. The third kappa shape index (κ3) is 2.68. The molecule has 0 radical (unpaired) electrons. The zero-order chi connectivity index (χ0) is 13.4. The van der Waals surface area contributed by atoms with Gasteiger partial charge in [0.1, 0.15) is 0 Å². The van der Waals surface area contributed by atoms with E-state index in [1.54, 1.807) is 23.1 Å². The number of hydrogen-bond acceptors (Lipinski definition) is 6. The maximum absolute atomic E-state index is 6.16. The fourth-order valence-electron chi connectivity index (χ4n) is 2.00. The summed E-state index contributed by atoms with van der Waals surface area (Å²) in [5, 5.41) is 15.3. The van der Waals surface area contributed by atoms with E-state index >= 15 is 0 Å². The number of nitrogens with zero attached hydrogens (tertiary/aromatic N) is 4. The minimum absolute atomic E-state index is 0.0618. The van der Waals surface area contributed by atoms with Crippen molar-refractivity contribution in [3.63, 3.8) is 0 Å². The summed E-state index contributed by atoms with van der Waals surface area (Å²) in [6.07, 6.45) is 2.36. The van der Waals surface area contributed by atoms with E-state index in [-0.39, 0.29) is 11.3 Å². The van der Waals surface area contributed by atoms with Crippen LogP contribution in [0.15, 0.2) is 16.6 Å². The van der Waals surface area contributed by atoms with Gasteiger partial charge in [-0.1, -0.05) is 11.8 Å². The molecule has 1 aliphatic carbocycles. The molecule has 0 bridgehead atoms. The average Bonchev–Trinajstić information content (AvgIpc) is 2.97. The molecule has 0 spiro atoms. The van der Waals surface area contributed by atoms with E-state index in [4.69, 9.17) is 5.73 Å². The van der Waals surface area contributed by atoms with Crippen molar-refractivity contribution in [1.29, 1.82) is 0 Å². The number of hydrogen-bond donors (Lipinski definition) is 1. The Morgan fingerprint density at radius 2 is 2.32 bits per heavy atom. The van der Waals surface area contributed by atoms with Gasteiger partial charge in [-0.25, -0.2) is 4.68 Å². The van der Waals surface area contributed by atoms with Crippen LogP contribution < -0.4 is 5.73 Å². The predicted octanol–water partition coefficient (Wildman–Crippen LogP) is 2.56. The van der Waals surface area contributed by atoms with Gasteiger partial charge < -0.3 is 5.73 Å². The van der Waals surface area contributed by atoms with Gasteiger partial charge in [-0.3, -0.25) is 0 Å². The van der Waals surface area contributed by atoms with Gasteiger partial charge in [0.05, 0.1) is 11.3 Å². The number of nitrogens with two attached hydrogens (primary N) is 1. The second-order valence-corrected chi connectivity index (χ2v) is 7.06. The Kier molecular flexibility index (Phi) is 3.60. The number of aryl methyl sites for hydroxylation is 1. The van der Waals surface area contributed by atoms with Gasteiger partial charge in [-0.2, -0.15) is 0 Å². The fourth-order valence-corrected chi connectivity index (χ4v) is 4.44. The Labute approximate surface area is 120 Å². The molecule has 0 amide bonds. The Morgan fingerprint density at radius 1 is 1.53 bits per heavy atom. The van der Waals surface area contributed by atoms with Crippen LogP contribution in [-0.2, 0) is 0 Å². The summed E-state index contributed by atoms with van der Waals surface area (Å²) in [5.41, 5.74) is 7.46. The third-order valence-corrected chi connectivity index (χ3v) is 5.88. The summed E-state index contributed by atoms with van der Waals surface area (Å²) in [6, 6.07) is 2.70. The lowest BCUT2D eigenvalue weighted by atomic mass is 10.1. The molecule has 2 heterocycles. The van der Waals surface area contributed by atoms with Crippen LogP contribution in [-0.4, -0.2) is 26.2 Å². The molecule has 7 heteroatoms. The van der Waals surface area contributed by atoms with Crippen molar-refractivity contribution in [3.8, 4) is 0 Å². The van der Waals surface area contributed by atoms with Gasteiger partial charge in [0.15, 0.2) is 0 Å². The molecule has 2 aromatic rings. The molecule has 19 heavy (non-hydrogen) atoms. The average molecular weight is 295 g/mol. The Bertz CT molecular complexity index is 558. The van der Waals surface area contributed by atoms with E-state index in [0.717, 1.165) is 5.16 Å². The standard InChI is InChI=1S/C12H17N5S2/c1-7-5-6-18-10(7)11(8(2)13)19-12-14-15-16-17(12)9-3-4-9/h5-6,8-9,11H,3-4,13H2,1-2H3. The lowest BCUT2D eigenvalue weighted by molar-refractivity contribution is 0.563. The highest BCUT2D eigenvalue weighted by atomic mass is 32.2. The first kappa shape index (κ1) is 13.1. The van der Waals surface area contributed by atoms with Crippen LogP contribution in [0.3, 0.4) is 0 Å². The molecule has 0 aliphatic heterocycles. The van der Waals surface area contributed by atoms with Crippen molar-refractivity contribution in [3.05, 3.63) is 21.9 Å². The van der Waals surface area contributed by atoms with Gasteiger partial charge >= 0.3 is 0 Å². The smallest absolute Gasteiger partial charge is 0.210 e. The van der Waals surface area contributed by atoms with Crippen molar-refractivity contribution in [2.45, 2.75) is 49.2 Å². The maximum Gasteiger partial charge on any atom is 0.210 e. The number of rotatable bonds is 5.